The number of ether oxygens (including phenoxy) is 1. The van der Waals surface area contributed by atoms with Crippen molar-refractivity contribution in [1.29, 1.82) is 0 Å². The van der Waals surface area contributed by atoms with E-state index in [1.165, 1.54) is 0 Å². The van der Waals surface area contributed by atoms with Gasteiger partial charge in [0.2, 0.25) is 17.7 Å². The Bertz CT molecular complexity index is 893. The van der Waals surface area contributed by atoms with Gasteiger partial charge in [-0.3, -0.25) is 14.4 Å². The molecule has 8 heteroatoms. The number of hydrogen-bond donors (Lipinski definition) is 1. The molecule has 0 saturated carbocycles. The predicted molar refractivity (Wildman–Crippen MR) is 123 cm³/mol. The van der Waals surface area contributed by atoms with E-state index in [-0.39, 0.29) is 30.2 Å². The Hall–Kier alpha value is -2.19. The van der Waals surface area contributed by atoms with Crippen molar-refractivity contribution in [1.82, 2.24) is 14.7 Å². The molecule has 0 aromatic heterocycles. The minimum absolute atomic E-state index is 0.0267. The molecule has 2 saturated heterocycles. The molecule has 0 radical (unpaired) electrons. The first kappa shape index (κ1) is 24.0. The molecule has 3 amide bonds. The fraction of sp³-hybridized carbons (Fsp3) is 0.720. The second kappa shape index (κ2) is 8.24. The maximum atomic E-state index is 14.1. The lowest BCUT2D eigenvalue weighted by molar-refractivity contribution is -0.155. The Morgan fingerprint density at radius 3 is 2.45 bits per heavy atom. The van der Waals surface area contributed by atoms with Crippen molar-refractivity contribution >= 4 is 17.7 Å². The molecule has 4 heterocycles. The normalized spacial score (nSPS) is 35.8. The highest BCUT2D eigenvalue weighted by atomic mass is 16.5. The number of amides is 3. The highest BCUT2D eigenvalue weighted by molar-refractivity contribution is 6.00. The molecule has 4 rings (SSSR count). The van der Waals surface area contributed by atoms with Crippen LogP contribution in [-0.4, -0.2) is 93.6 Å². The lowest BCUT2D eigenvalue weighted by Gasteiger charge is -2.43. The van der Waals surface area contributed by atoms with Crippen LogP contribution in [0.25, 0.3) is 0 Å². The molecular formula is C25H37N3O5. The smallest absolute Gasteiger partial charge is 0.249 e. The SMILES string of the molecule is CC[C@H](C)[C@H](CO)N1C(=O)[C@@H]2[C@H]3C(=O)N(C)CC=C[C@H]3O[C@@]23C=CCN(C(C)(C)C)C(=O)C13. The first-order valence-electron chi connectivity index (χ1n) is 12.0. The van der Waals surface area contributed by atoms with Gasteiger partial charge in [-0.05, 0) is 26.7 Å². The van der Waals surface area contributed by atoms with E-state index in [9.17, 15) is 19.5 Å². The average Bonchev–Trinajstić information content (AvgIpc) is 3.07. The van der Waals surface area contributed by atoms with Crippen molar-refractivity contribution in [2.75, 3.05) is 26.7 Å². The molecule has 1 unspecified atom stereocenters. The molecule has 1 N–H and O–H groups in total. The van der Waals surface area contributed by atoms with Gasteiger partial charge in [-0.25, -0.2) is 0 Å². The van der Waals surface area contributed by atoms with Gasteiger partial charge >= 0.3 is 0 Å². The van der Waals surface area contributed by atoms with Crippen molar-refractivity contribution in [3.63, 3.8) is 0 Å². The summed E-state index contributed by atoms with van der Waals surface area (Å²) in [5.41, 5.74) is -1.72. The summed E-state index contributed by atoms with van der Waals surface area (Å²) in [6, 6.07) is -1.47. The van der Waals surface area contributed by atoms with Crippen molar-refractivity contribution in [2.45, 2.75) is 70.4 Å². The second-order valence-electron chi connectivity index (χ2n) is 10.9. The van der Waals surface area contributed by atoms with Crippen molar-refractivity contribution in [2.24, 2.45) is 17.8 Å². The van der Waals surface area contributed by atoms with Gasteiger partial charge in [0.15, 0.2) is 0 Å². The maximum absolute atomic E-state index is 14.1. The highest BCUT2D eigenvalue weighted by Gasteiger charge is 2.72. The number of nitrogens with zero attached hydrogens (tertiary/aromatic N) is 3. The van der Waals surface area contributed by atoms with Crippen LogP contribution < -0.4 is 0 Å². The predicted octanol–water partition coefficient (Wildman–Crippen LogP) is 1.20. The second-order valence-corrected chi connectivity index (χ2v) is 10.9. The molecule has 0 bridgehead atoms. The zero-order chi connectivity index (χ0) is 24.3. The van der Waals surface area contributed by atoms with Crippen LogP contribution in [0.4, 0.5) is 0 Å². The van der Waals surface area contributed by atoms with E-state index < -0.39 is 41.2 Å². The third-order valence-corrected chi connectivity index (χ3v) is 7.95. The van der Waals surface area contributed by atoms with Crippen LogP contribution in [0.1, 0.15) is 41.0 Å². The molecule has 1 spiro atoms. The Balaban J connectivity index is 1.90. The van der Waals surface area contributed by atoms with Gasteiger partial charge in [0.05, 0.1) is 30.6 Å². The van der Waals surface area contributed by atoms with Crippen LogP contribution in [0.2, 0.25) is 0 Å². The van der Waals surface area contributed by atoms with Crippen LogP contribution in [0, 0.1) is 17.8 Å². The fourth-order valence-corrected chi connectivity index (χ4v) is 5.98. The summed E-state index contributed by atoms with van der Waals surface area (Å²) < 4.78 is 6.59. The molecule has 33 heavy (non-hydrogen) atoms. The number of carbonyl (C=O) groups excluding carboxylic acids is 3. The standard InChI is InChI=1S/C25H37N3O5/c1-7-15(2)16(14-29)28-20-23(32)27(24(3,4)5)13-9-11-25(20)19(22(28)31)18-17(33-25)10-8-12-26(6)21(18)30/h8-11,15-20,29H,7,12-14H2,1-6H3/t15-,16-,17+,18-,19-,20?,25-/m0/s1. The molecule has 182 valence electrons. The summed E-state index contributed by atoms with van der Waals surface area (Å²) in [5, 5.41) is 10.3. The number of hydrogen-bond acceptors (Lipinski definition) is 5. The van der Waals surface area contributed by atoms with E-state index in [1.54, 1.807) is 21.7 Å². The zero-order valence-corrected chi connectivity index (χ0v) is 20.5. The molecule has 2 fully saturated rings. The van der Waals surface area contributed by atoms with Crippen molar-refractivity contribution < 1.29 is 24.2 Å². The number of aliphatic hydroxyl groups is 1. The van der Waals surface area contributed by atoms with Crippen LogP contribution in [0.5, 0.6) is 0 Å². The van der Waals surface area contributed by atoms with Crippen molar-refractivity contribution in [3.8, 4) is 0 Å². The highest BCUT2D eigenvalue weighted by Crippen LogP contribution is 2.54. The Morgan fingerprint density at radius 2 is 1.85 bits per heavy atom. The summed E-state index contributed by atoms with van der Waals surface area (Å²) in [6.45, 7) is 10.5. The van der Waals surface area contributed by atoms with Crippen LogP contribution >= 0.6 is 0 Å². The van der Waals surface area contributed by atoms with Gasteiger partial charge in [0.25, 0.3) is 0 Å². The van der Waals surface area contributed by atoms with Gasteiger partial charge in [0.1, 0.15) is 11.6 Å². The van der Waals surface area contributed by atoms with E-state index in [2.05, 4.69) is 0 Å². The minimum Gasteiger partial charge on any atom is -0.394 e. The summed E-state index contributed by atoms with van der Waals surface area (Å²) >= 11 is 0. The summed E-state index contributed by atoms with van der Waals surface area (Å²) in [7, 11) is 1.72. The van der Waals surface area contributed by atoms with Crippen LogP contribution in [-0.2, 0) is 19.1 Å². The van der Waals surface area contributed by atoms with Crippen molar-refractivity contribution in [3.05, 3.63) is 24.3 Å². The number of likely N-dealkylation sites (N-methyl/N-ethyl adjacent to an activating group) is 1. The largest absolute Gasteiger partial charge is 0.394 e. The molecule has 0 aromatic carbocycles. The quantitative estimate of drug-likeness (QED) is 0.638. The fourth-order valence-electron chi connectivity index (χ4n) is 5.98. The number of aliphatic hydroxyl groups excluding tert-OH is 1. The zero-order valence-electron chi connectivity index (χ0n) is 20.5. The minimum atomic E-state index is -1.25. The summed E-state index contributed by atoms with van der Waals surface area (Å²) in [6.07, 6.45) is 7.66. The first-order valence-corrected chi connectivity index (χ1v) is 12.0. The number of fused-ring (bicyclic) bond motifs is 2. The number of rotatable bonds is 4. The maximum Gasteiger partial charge on any atom is 0.249 e. The lowest BCUT2D eigenvalue weighted by Crippen LogP contribution is -2.61. The lowest BCUT2D eigenvalue weighted by atomic mass is 9.77. The number of carbonyl (C=O) groups is 3. The van der Waals surface area contributed by atoms with Gasteiger partial charge in [0, 0.05) is 25.7 Å². The number of likely N-dealkylation sites (tertiary alicyclic amines) is 1. The van der Waals surface area contributed by atoms with Crippen LogP contribution in [0.15, 0.2) is 24.3 Å². The van der Waals surface area contributed by atoms with E-state index in [1.807, 2.05) is 58.9 Å². The van der Waals surface area contributed by atoms with Gasteiger partial charge in [-0.15, -0.1) is 0 Å². The molecular weight excluding hydrogens is 422 g/mol. The van der Waals surface area contributed by atoms with E-state index >= 15 is 0 Å². The summed E-state index contributed by atoms with van der Waals surface area (Å²) in [4.78, 5) is 46.6. The van der Waals surface area contributed by atoms with Crippen LogP contribution in [0.3, 0.4) is 0 Å². The van der Waals surface area contributed by atoms with Gasteiger partial charge in [-0.1, -0.05) is 44.6 Å². The molecule has 0 aromatic rings. The van der Waals surface area contributed by atoms with E-state index in [0.717, 1.165) is 6.42 Å². The summed E-state index contributed by atoms with van der Waals surface area (Å²) in [5.74, 6) is -2.18. The molecule has 7 atom stereocenters. The third-order valence-electron chi connectivity index (χ3n) is 7.95. The molecule has 4 aliphatic heterocycles. The third kappa shape index (κ3) is 3.44. The van der Waals surface area contributed by atoms with Gasteiger partial charge in [-0.2, -0.15) is 0 Å². The Morgan fingerprint density at radius 1 is 1.15 bits per heavy atom. The first-order chi connectivity index (χ1) is 15.5. The van der Waals surface area contributed by atoms with E-state index in [4.69, 9.17) is 4.74 Å². The monoisotopic (exact) mass is 459 g/mol. The molecule has 8 nitrogen and oxygen atoms in total. The Kier molecular flexibility index (Phi) is 5.98. The average molecular weight is 460 g/mol. The van der Waals surface area contributed by atoms with Gasteiger partial charge < -0.3 is 24.5 Å². The topological polar surface area (TPSA) is 90.4 Å². The Labute approximate surface area is 196 Å². The molecule has 0 aliphatic carbocycles. The van der Waals surface area contributed by atoms with E-state index in [0.29, 0.717) is 13.1 Å². The molecule has 4 aliphatic rings.